The van der Waals surface area contributed by atoms with Gasteiger partial charge in [-0.05, 0) is 34.1 Å². The molecule has 0 bridgehead atoms. The van der Waals surface area contributed by atoms with Crippen molar-refractivity contribution in [3.05, 3.63) is 0 Å². The molecule has 0 fully saturated rings. The van der Waals surface area contributed by atoms with Gasteiger partial charge >= 0.3 is 5.97 Å². The summed E-state index contributed by atoms with van der Waals surface area (Å²) in [6.45, 7) is 8.96. The Kier molecular flexibility index (Phi) is 14.1. The summed E-state index contributed by atoms with van der Waals surface area (Å²) in [5.74, 6) is -1.92. The molecule has 0 aromatic carbocycles. The maximum Gasteiger partial charge on any atom is 0.302 e. The minimum atomic E-state index is -1.34. The van der Waals surface area contributed by atoms with E-state index in [1.165, 1.54) is 40.5 Å². The molecule has 2 amide bonds. The fraction of sp³-hybridized carbons (Fsp3) is 0.800. The van der Waals surface area contributed by atoms with E-state index < -0.39 is 11.3 Å². The van der Waals surface area contributed by atoms with Crippen LogP contribution < -0.4 is 5.32 Å². The number of ether oxygens (including phenoxy) is 2. The summed E-state index contributed by atoms with van der Waals surface area (Å²) in [7, 11) is 4.44. The minimum Gasteiger partial charge on any atom is -0.465 e. The van der Waals surface area contributed by atoms with Crippen molar-refractivity contribution < 1.29 is 33.8 Å². The van der Waals surface area contributed by atoms with E-state index in [2.05, 4.69) is 5.32 Å². The highest BCUT2D eigenvalue weighted by atomic mass is 33.1. The highest BCUT2D eigenvalue weighted by Gasteiger charge is 2.26. The zero-order chi connectivity index (χ0) is 24.1. The summed E-state index contributed by atoms with van der Waals surface area (Å²) >= 11 is 0. The lowest BCUT2D eigenvalue weighted by atomic mass is 10.0. The average Bonchev–Trinajstić information content (AvgIpc) is 2.63. The van der Waals surface area contributed by atoms with Crippen molar-refractivity contribution in [2.24, 2.45) is 0 Å². The molecule has 9 nitrogen and oxygen atoms in total. The fourth-order valence-corrected chi connectivity index (χ4v) is 4.70. The summed E-state index contributed by atoms with van der Waals surface area (Å²) in [4.78, 5) is 46.5. The van der Waals surface area contributed by atoms with Gasteiger partial charge in [0.05, 0.1) is 18.9 Å². The number of aldehydes is 1. The highest BCUT2D eigenvalue weighted by Crippen LogP contribution is 2.30. The summed E-state index contributed by atoms with van der Waals surface area (Å²) < 4.78 is 10.5. The van der Waals surface area contributed by atoms with Crippen LogP contribution in [0.4, 0.5) is 0 Å². The first-order chi connectivity index (χ1) is 14.3. The van der Waals surface area contributed by atoms with E-state index in [1.54, 1.807) is 6.92 Å². The van der Waals surface area contributed by atoms with Crippen LogP contribution in [0, 0.1) is 0 Å². The van der Waals surface area contributed by atoms with Crippen LogP contribution in [0.1, 0.15) is 53.9 Å². The Balaban J connectivity index is 4.24. The number of amides is 2. The van der Waals surface area contributed by atoms with Crippen molar-refractivity contribution in [1.82, 2.24) is 10.2 Å². The third kappa shape index (κ3) is 16.1. The van der Waals surface area contributed by atoms with E-state index >= 15 is 0 Å². The van der Waals surface area contributed by atoms with Gasteiger partial charge in [-0.1, -0.05) is 21.6 Å². The van der Waals surface area contributed by atoms with E-state index in [0.29, 0.717) is 25.1 Å². The van der Waals surface area contributed by atoms with Crippen molar-refractivity contribution in [2.45, 2.75) is 70.5 Å². The second-order valence-electron chi connectivity index (χ2n) is 8.13. The minimum absolute atomic E-state index is 0.0818. The number of nitrogens with one attached hydrogen (secondary N) is 1. The van der Waals surface area contributed by atoms with Crippen LogP contribution in [-0.2, 0) is 28.7 Å². The predicted molar refractivity (Wildman–Crippen MR) is 122 cm³/mol. The molecule has 0 spiro atoms. The number of carbonyl (C=O) groups excluding carboxylic acids is 4. The second kappa shape index (κ2) is 14.7. The number of rotatable bonds is 16. The Morgan fingerprint density at radius 2 is 1.90 bits per heavy atom. The van der Waals surface area contributed by atoms with Gasteiger partial charge in [-0.15, -0.1) is 0 Å². The zero-order valence-electron chi connectivity index (χ0n) is 19.3. The molecule has 2 atom stereocenters. The van der Waals surface area contributed by atoms with E-state index in [-0.39, 0.29) is 49.0 Å². The zero-order valence-corrected chi connectivity index (χ0v) is 20.9. The van der Waals surface area contributed by atoms with Gasteiger partial charge in [-0.25, -0.2) is 0 Å². The van der Waals surface area contributed by atoms with Crippen molar-refractivity contribution in [3.63, 3.8) is 0 Å². The Labute approximate surface area is 192 Å². The Hall–Kier alpha value is -1.30. The number of carbonyl (C=O) groups is 4. The van der Waals surface area contributed by atoms with Crippen LogP contribution in [-0.4, -0.2) is 83.2 Å². The van der Waals surface area contributed by atoms with Crippen LogP contribution >= 0.6 is 21.6 Å². The molecule has 0 aliphatic carbocycles. The quantitative estimate of drug-likeness (QED) is 0.147. The topological polar surface area (TPSA) is 122 Å². The molecule has 11 heteroatoms. The lowest BCUT2D eigenvalue weighted by Gasteiger charge is -2.30. The van der Waals surface area contributed by atoms with E-state index in [4.69, 9.17) is 9.47 Å². The largest absolute Gasteiger partial charge is 0.465 e. The normalized spacial score (nSPS) is 14.3. The van der Waals surface area contributed by atoms with Gasteiger partial charge in [0.2, 0.25) is 11.8 Å². The SMILES string of the molecule is CC(=O)OCC(C)SSCC(C)(O)OCCC(C)(C)NC(=O)CN(C)C(=O)CCC=O. The Morgan fingerprint density at radius 3 is 2.48 bits per heavy atom. The molecule has 0 radical (unpaired) electrons. The molecular formula is C20H36N2O7S2. The van der Waals surface area contributed by atoms with Gasteiger partial charge in [0.1, 0.15) is 12.9 Å². The molecule has 0 saturated carbocycles. The summed E-state index contributed by atoms with van der Waals surface area (Å²) in [5.41, 5.74) is -0.597. The smallest absolute Gasteiger partial charge is 0.302 e. The van der Waals surface area contributed by atoms with Gasteiger partial charge in [0.15, 0.2) is 5.79 Å². The molecule has 0 rings (SSSR count). The van der Waals surface area contributed by atoms with Gasteiger partial charge in [-0.2, -0.15) is 0 Å². The van der Waals surface area contributed by atoms with Crippen LogP contribution in [0.15, 0.2) is 0 Å². The molecule has 2 N–H and O–H groups in total. The van der Waals surface area contributed by atoms with Gasteiger partial charge in [-0.3, -0.25) is 14.4 Å². The van der Waals surface area contributed by atoms with Gasteiger partial charge in [0, 0.05) is 37.6 Å². The molecule has 0 saturated heterocycles. The summed E-state index contributed by atoms with van der Waals surface area (Å²) in [5, 5.41) is 13.3. The first-order valence-electron chi connectivity index (χ1n) is 10.0. The highest BCUT2D eigenvalue weighted by molar-refractivity contribution is 8.77. The maximum absolute atomic E-state index is 12.2. The first-order valence-corrected chi connectivity index (χ1v) is 12.4. The molecule has 0 heterocycles. The van der Waals surface area contributed by atoms with E-state index in [9.17, 15) is 24.3 Å². The third-order valence-corrected chi connectivity index (χ3v) is 6.98. The van der Waals surface area contributed by atoms with E-state index in [0.717, 1.165) is 0 Å². The molecule has 0 aromatic rings. The van der Waals surface area contributed by atoms with Gasteiger partial charge in [0.25, 0.3) is 0 Å². The third-order valence-electron chi connectivity index (χ3n) is 3.98. The van der Waals surface area contributed by atoms with Crippen LogP contribution in [0.5, 0.6) is 0 Å². The average molecular weight is 481 g/mol. The number of likely N-dealkylation sites (N-methyl/N-ethyl adjacent to an activating group) is 1. The standard InChI is InChI=1S/C20H36N2O7S2/c1-15(13-28-16(2)24)31-30-14-20(5,27)29-11-9-19(3,4)21-17(25)12-22(6)18(26)8-7-10-23/h10,15,27H,7-9,11-14H2,1-6H3,(H,21,25). The molecular weight excluding hydrogens is 444 g/mol. The number of aliphatic hydroxyl groups is 1. The van der Waals surface area contributed by atoms with Crippen molar-refractivity contribution in [3.8, 4) is 0 Å². The second-order valence-corrected chi connectivity index (χ2v) is 10.9. The van der Waals surface area contributed by atoms with Gasteiger partial charge < -0.3 is 29.6 Å². The lowest BCUT2D eigenvalue weighted by molar-refractivity contribution is -0.174. The lowest BCUT2D eigenvalue weighted by Crippen LogP contribution is -2.49. The maximum atomic E-state index is 12.2. The number of nitrogens with zero attached hydrogens (tertiary/aromatic N) is 1. The number of hydrogen-bond donors (Lipinski definition) is 2. The molecule has 31 heavy (non-hydrogen) atoms. The molecule has 0 aliphatic heterocycles. The number of esters is 1. The van der Waals surface area contributed by atoms with Crippen LogP contribution in [0.25, 0.3) is 0 Å². The number of hydrogen-bond acceptors (Lipinski definition) is 9. The van der Waals surface area contributed by atoms with Crippen molar-refractivity contribution in [1.29, 1.82) is 0 Å². The summed E-state index contributed by atoms with van der Waals surface area (Å²) in [6, 6.07) is 0. The Bertz CT molecular complexity index is 600. The monoisotopic (exact) mass is 480 g/mol. The Morgan fingerprint density at radius 1 is 1.26 bits per heavy atom. The predicted octanol–water partition coefficient (Wildman–Crippen LogP) is 1.77. The molecule has 180 valence electrons. The fourth-order valence-electron chi connectivity index (χ4n) is 2.25. The van der Waals surface area contributed by atoms with Crippen molar-refractivity contribution in [2.75, 3.05) is 32.6 Å². The molecule has 0 aromatic heterocycles. The molecule has 0 aliphatic rings. The van der Waals surface area contributed by atoms with E-state index in [1.807, 2.05) is 20.8 Å². The molecule has 2 unspecified atom stereocenters. The first kappa shape index (κ1) is 29.7. The van der Waals surface area contributed by atoms with Crippen LogP contribution in [0.2, 0.25) is 0 Å². The van der Waals surface area contributed by atoms with Crippen LogP contribution in [0.3, 0.4) is 0 Å². The van der Waals surface area contributed by atoms with Crippen molar-refractivity contribution >= 4 is 45.7 Å². The summed E-state index contributed by atoms with van der Waals surface area (Å²) in [6.07, 6.45) is 1.34.